The summed E-state index contributed by atoms with van der Waals surface area (Å²) in [5.41, 5.74) is 1.08. The smallest absolute Gasteiger partial charge is 0.0580 e. The highest BCUT2D eigenvalue weighted by Gasteiger charge is 2.24. The number of aliphatic hydroxyl groups excluding tert-OH is 2. The lowest BCUT2D eigenvalue weighted by atomic mass is 9.90. The molecule has 0 aliphatic carbocycles. The third-order valence-electron chi connectivity index (χ3n) is 2.73. The fraction of sp³-hybridized carbons (Fsp3) is 0.500. The average Bonchev–Trinajstić information content (AvgIpc) is 2.26. The number of aliphatic hydroxyl groups is 2. The summed E-state index contributed by atoms with van der Waals surface area (Å²) in [7, 11) is 1.84. The van der Waals surface area contributed by atoms with Crippen molar-refractivity contribution in [3.63, 3.8) is 0 Å². The largest absolute Gasteiger partial charge is 0.396 e. The van der Waals surface area contributed by atoms with Gasteiger partial charge in [-0.15, -0.1) is 0 Å². The molecule has 0 spiro atoms. The van der Waals surface area contributed by atoms with E-state index in [4.69, 9.17) is 0 Å². The van der Waals surface area contributed by atoms with Crippen LogP contribution in [0.25, 0.3) is 0 Å². The third-order valence-corrected chi connectivity index (χ3v) is 2.73. The van der Waals surface area contributed by atoms with Gasteiger partial charge in [-0.05, 0) is 19.5 Å². The minimum atomic E-state index is -0.535. The zero-order valence-electron chi connectivity index (χ0n) is 9.22. The van der Waals surface area contributed by atoms with Gasteiger partial charge in [-0.3, -0.25) is 0 Å². The van der Waals surface area contributed by atoms with E-state index >= 15 is 0 Å². The van der Waals surface area contributed by atoms with E-state index in [0.717, 1.165) is 5.56 Å². The lowest BCUT2D eigenvalue weighted by Crippen LogP contribution is -2.34. The Labute approximate surface area is 90.8 Å². The molecule has 0 saturated heterocycles. The normalized spacial score (nSPS) is 17.1. The molecule has 3 nitrogen and oxygen atoms in total. The number of nitrogens with one attached hydrogen (secondary N) is 1. The maximum Gasteiger partial charge on any atom is 0.0580 e. The van der Waals surface area contributed by atoms with Gasteiger partial charge in [-0.1, -0.05) is 30.3 Å². The molecule has 0 unspecified atom stereocenters. The first-order chi connectivity index (χ1) is 7.20. The second-order valence-corrected chi connectivity index (χ2v) is 3.76. The molecule has 3 atom stereocenters. The van der Waals surface area contributed by atoms with E-state index < -0.39 is 6.10 Å². The molecule has 84 valence electrons. The van der Waals surface area contributed by atoms with Crippen molar-refractivity contribution in [3.05, 3.63) is 35.9 Å². The van der Waals surface area contributed by atoms with Crippen molar-refractivity contribution in [2.24, 2.45) is 5.92 Å². The van der Waals surface area contributed by atoms with Gasteiger partial charge >= 0.3 is 0 Å². The average molecular weight is 209 g/mol. The summed E-state index contributed by atoms with van der Waals surface area (Å²) in [6.45, 7) is 1.67. The molecule has 1 aromatic carbocycles. The summed E-state index contributed by atoms with van der Waals surface area (Å²) in [5.74, 6) is -0.183. The minimum Gasteiger partial charge on any atom is -0.396 e. The monoisotopic (exact) mass is 209 g/mol. The summed E-state index contributed by atoms with van der Waals surface area (Å²) in [5, 5.41) is 22.0. The molecular formula is C12H19NO2. The van der Waals surface area contributed by atoms with Crippen LogP contribution in [-0.2, 0) is 0 Å². The fourth-order valence-corrected chi connectivity index (χ4v) is 1.82. The van der Waals surface area contributed by atoms with Gasteiger partial charge < -0.3 is 15.5 Å². The highest BCUT2D eigenvalue weighted by molar-refractivity contribution is 5.19. The van der Waals surface area contributed by atoms with Gasteiger partial charge in [0.15, 0.2) is 0 Å². The van der Waals surface area contributed by atoms with Crippen LogP contribution in [0.5, 0.6) is 0 Å². The Hall–Kier alpha value is -0.900. The van der Waals surface area contributed by atoms with Gasteiger partial charge in [0.1, 0.15) is 0 Å². The number of hydrogen-bond donors (Lipinski definition) is 3. The Morgan fingerprint density at radius 2 is 1.87 bits per heavy atom. The zero-order valence-corrected chi connectivity index (χ0v) is 9.22. The molecule has 1 rings (SSSR count). The molecule has 0 aliphatic heterocycles. The van der Waals surface area contributed by atoms with Gasteiger partial charge in [0.2, 0.25) is 0 Å². The molecule has 0 aliphatic rings. The van der Waals surface area contributed by atoms with Crippen LogP contribution in [0.1, 0.15) is 18.5 Å². The van der Waals surface area contributed by atoms with Crippen LogP contribution in [-0.4, -0.2) is 30.0 Å². The minimum absolute atomic E-state index is 0.0174. The van der Waals surface area contributed by atoms with E-state index in [1.807, 2.05) is 37.4 Å². The van der Waals surface area contributed by atoms with Crippen molar-refractivity contribution in [2.75, 3.05) is 13.7 Å². The van der Waals surface area contributed by atoms with Crippen molar-refractivity contribution in [1.82, 2.24) is 5.32 Å². The molecule has 3 heteroatoms. The Morgan fingerprint density at radius 1 is 1.27 bits per heavy atom. The van der Waals surface area contributed by atoms with E-state index in [9.17, 15) is 10.2 Å². The Bertz CT molecular complexity index is 274. The quantitative estimate of drug-likeness (QED) is 0.676. The van der Waals surface area contributed by atoms with Crippen LogP contribution in [0.2, 0.25) is 0 Å². The second-order valence-electron chi connectivity index (χ2n) is 3.76. The van der Waals surface area contributed by atoms with Crippen LogP contribution < -0.4 is 5.32 Å². The molecule has 0 aromatic heterocycles. The van der Waals surface area contributed by atoms with Gasteiger partial charge in [-0.2, -0.15) is 0 Å². The fourth-order valence-electron chi connectivity index (χ4n) is 1.82. The Kier molecular flexibility index (Phi) is 4.75. The van der Waals surface area contributed by atoms with Crippen molar-refractivity contribution in [1.29, 1.82) is 0 Å². The van der Waals surface area contributed by atoms with Crippen LogP contribution in [0.15, 0.2) is 30.3 Å². The number of rotatable bonds is 5. The van der Waals surface area contributed by atoms with Crippen molar-refractivity contribution >= 4 is 0 Å². The first kappa shape index (κ1) is 12.2. The predicted octanol–water partition coefficient (Wildman–Crippen LogP) is 0.936. The molecule has 0 bridgehead atoms. The van der Waals surface area contributed by atoms with Crippen molar-refractivity contribution in [2.45, 2.75) is 19.1 Å². The lowest BCUT2D eigenvalue weighted by Gasteiger charge is -2.27. The molecule has 0 saturated carbocycles. The van der Waals surface area contributed by atoms with Crippen LogP contribution in [0.4, 0.5) is 0 Å². The van der Waals surface area contributed by atoms with Crippen molar-refractivity contribution < 1.29 is 10.2 Å². The summed E-state index contributed by atoms with van der Waals surface area (Å²) >= 11 is 0. The van der Waals surface area contributed by atoms with E-state index in [2.05, 4.69) is 5.32 Å². The first-order valence-electron chi connectivity index (χ1n) is 5.21. The maximum absolute atomic E-state index is 9.57. The summed E-state index contributed by atoms with van der Waals surface area (Å²) < 4.78 is 0. The lowest BCUT2D eigenvalue weighted by molar-refractivity contribution is 0.0582. The van der Waals surface area contributed by atoms with Gasteiger partial charge in [0, 0.05) is 12.0 Å². The summed E-state index contributed by atoms with van der Waals surface area (Å²) in [6, 6.07) is 9.83. The molecule has 0 amide bonds. The van der Waals surface area contributed by atoms with E-state index in [-0.39, 0.29) is 18.6 Å². The van der Waals surface area contributed by atoms with Gasteiger partial charge in [-0.25, -0.2) is 0 Å². The van der Waals surface area contributed by atoms with Gasteiger partial charge in [0.05, 0.1) is 12.7 Å². The molecule has 1 aromatic rings. The predicted molar refractivity (Wildman–Crippen MR) is 60.5 cm³/mol. The summed E-state index contributed by atoms with van der Waals surface area (Å²) in [6.07, 6.45) is -0.535. The van der Waals surface area contributed by atoms with Gasteiger partial charge in [0.25, 0.3) is 0 Å². The Morgan fingerprint density at radius 3 is 2.27 bits per heavy atom. The maximum atomic E-state index is 9.57. The molecule has 3 N–H and O–H groups in total. The van der Waals surface area contributed by atoms with Crippen molar-refractivity contribution in [3.8, 4) is 0 Å². The first-order valence-corrected chi connectivity index (χ1v) is 5.21. The highest BCUT2D eigenvalue weighted by Crippen LogP contribution is 2.23. The second kappa shape index (κ2) is 5.85. The highest BCUT2D eigenvalue weighted by atomic mass is 16.3. The SMILES string of the molecule is CN[C@@H](c1ccccc1)[C@H](CO)[C@@H](C)O. The summed E-state index contributed by atoms with van der Waals surface area (Å²) in [4.78, 5) is 0. The van der Waals surface area contributed by atoms with Crippen LogP contribution >= 0.6 is 0 Å². The Balaban J connectivity index is 2.87. The molecular weight excluding hydrogens is 190 g/mol. The van der Waals surface area contributed by atoms with Crippen LogP contribution in [0.3, 0.4) is 0 Å². The van der Waals surface area contributed by atoms with E-state index in [1.54, 1.807) is 6.92 Å². The zero-order chi connectivity index (χ0) is 11.3. The van der Waals surface area contributed by atoms with E-state index in [1.165, 1.54) is 0 Å². The third kappa shape index (κ3) is 3.02. The standard InChI is InChI=1S/C12H19NO2/c1-9(15)11(8-14)12(13-2)10-6-4-3-5-7-10/h3-7,9,11-15H,8H2,1-2H3/t9-,11-,12+/m1/s1. The molecule has 0 heterocycles. The topological polar surface area (TPSA) is 52.5 Å². The molecule has 0 radical (unpaired) electrons. The number of hydrogen-bond acceptors (Lipinski definition) is 3. The van der Waals surface area contributed by atoms with E-state index in [0.29, 0.717) is 0 Å². The molecule has 0 fully saturated rings. The number of benzene rings is 1. The van der Waals surface area contributed by atoms with Crippen LogP contribution in [0, 0.1) is 5.92 Å². The molecule has 15 heavy (non-hydrogen) atoms.